The van der Waals surface area contributed by atoms with Crippen molar-refractivity contribution in [3.8, 4) is 0 Å². The smallest absolute Gasteiger partial charge is 0.251 e. The van der Waals surface area contributed by atoms with Crippen LogP contribution in [0.15, 0.2) is 54.6 Å². The predicted octanol–water partition coefficient (Wildman–Crippen LogP) is 3.50. The molecule has 32 heavy (non-hydrogen) atoms. The van der Waals surface area contributed by atoms with E-state index in [9.17, 15) is 9.59 Å². The molecule has 2 aliphatic heterocycles. The van der Waals surface area contributed by atoms with Crippen molar-refractivity contribution in [3.05, 3.63) is 65.7 Å². The maximum Gasteiger partial charge on any atom is 0.251 e. The third kappa shape index (κ3) is 5.56. The first-order valence-corrected chi connectivity index (χ1v) is 11.8. The largest absolute Gasteiger partial charge is 0.352 e. The fourth-order valence-electron chi connectivity index (χ4n) is 5.17. The van der Waals surface area contributed by atoms with Gasteiger partial charge in [-0.15, -0.1) is 0 Å². The molecule has 2 fully saturated rings. The topological polar surface area (TPSA) is 64.7 Å². The Bertz CT molecular complexity index is 917. The van der Waals surface area contributed by atoms with E-state index in [1.165, 1.54) is 18.4 Å². The third-order valence-corrected chi connectivity index (χ3v) is 6.59. The number of carbonyl (C=O) groups excluding carboxylic acids is 2. The predicted molar refractivity (Wildman–Crippen MR) is 128 cm³/mol. The lowest BCUT2D eigenvalue weighted by molar-refractivity contribution is -0.117. The summed E-state index contributed by atoms with van der Waals surface area (Å²) in [7, 11) is 0. The molecule has 2 amide bonds. The van der Waals surface area contributed by atoms with E-state index in [1.807, 2.05) is 13.0 Å². The van der Waals surface area contributed by atoms with Crippen LogP contribution in [-0.4, -0.2) is 59.9 Å². The molecule has 2 atom stereocenters. The normalized spacial score (nSPS) is 21.5. The first-order valence-electron chi connectivity index (χ1n) is 11.8. The molecule has 0 bridgehead atoms. The van der Waals surface area contributed by atoms with E-state index in [4.69, 9.17) is 0 Å². The number of rotatable bonds is 8. The average Bonchev–Trinajstić information content (AvgIpc) is 3.43. The van der Waals surface area contributed by atoms with Gasteiger partial charge in [-0.1, -0.05) is 36.4 Å². The van der Waals surface area contributed by atoms with Gasteiger partial charge in [-0.3, -0.25) is 19.4 Å². The average molecular weight is 435 g/mol. The van der Waals surface area contributed by atoms with Gasteiger partial charge in [0.2, 0.25) is 5.91 Å². The van der Waals surface area contributed by atoms with Crippen molar-refractivity contribution in [1.29, 1.82) is 0 Å². The second kappa shape index (κ2) is 10.7. The van der Waals surface area contributed by atoms with Crippen molar-refractivity contribution < 1.29 is 9.59 Å². The number of anilines is 1. The molecular formula is C26H34N4O2. The monoisotopic (exact) mass is 434 g/mol. The maximum absolute atomic E-state index is 12.8. The standard InChI is InChI=1S/C26H34N4O2/c1-2-27-26(32)21-11-6-12-22(17-21)28-25(31)19-30-16-8-14-24(30)23-13-7-15-29(23)18-20-9-4-3-5-10-20/h3-6,9-12,17,23-24H,2,7-8,13-16,18-19H2,1H3,(H,27,32)(H,28,31). The first-order chi connectivity index (χ1) is 15.6. The van der Waals surface area contributed by atoms with Gasteiger partial charge in [0, 0.05) is 36.4 Å². The van der Waals surface area contributed by atoms with Crippen LogP contribution in [0.3, 0.4) is 0 Å². The minimum atomic E-state index is -0.122. The number of hydrogen-bond donors (Lipinski definition) is 2. The molecular weight excluding hydrogens is 400 g/mol. The minimum absolute atomic E-state index is 0.0162. The van der Waals surface area contributed by atoms with Crippen LogP contribution in [0.2, 0.25) is 0 Å². The van der Waals surface area contributed by atoms with Crippen LogP contribution >= 0.6 is 0 Å². The molecule has 0 aliphatic carbocycles. The molecule has 0 saturated carbocycles. The van der Waals surface area contributed by atoms with Crippen molar-refractivity contribution in [1.82, 2.24) is 15.1 Å². The Labute approximate surface area is 191 Å². The van der Waals surface area contributed by atoms with Gasteiger partial charge in [0.05, 0.1) is 6.54 Å². The third-order valence-electron chi connectivity index (χ3n) is 6.59. The number of amides is 2. The van der Waals surface area contributed by atoms with Gasteiger partial charge in [-0.25, -0.2) is 0 Å². The summed E-state index contributed by atoms with van der Waals surface area (Å²) >= 11 is 0. The number of benzene rings is 2. The highest BCUT2D eigenvalue weighted by atomic mass is 16.2. The lowest BCUT2D eigenvalue weighted by atomic mass is 10.0. The molecule has 0 aromatic heterocycles. The molecule has 170 valence electrons. The molecule has 2 N–H and O–H groups in total. The number of nitrogens with zero attached hydrogens (tertiary/aromatic N) is 2. The Morgan fingerprint density at radius 2 is 1.66 bits per heavy atom. The number of carbonyl (C=O) groups is 2. The molecule has 6 nitrogen and oxygen atoms in total. The molecule has 0 radical (unpaired) electrons. The summed E-state index contributed by atoms with van der Waals surface area (Å²) in [5.74, 6) is -0.138. The zero-order chi connectivity index (χ0) is 22.3. The van der Waals surface area contributed by atoms with E-state index < -0.39 is 0 Å². The molecule has 6 heteroatoms. The van der Waals surface area contributed by atoms with E-state index in [1.54, 1.807) is 18.2 Å². The fourth-order valence-corrected chi connectivity index (χ4v) is 5.17. The van der Waals surface area contributed by atoms with E-state index in [0.717, 1.165) is 32.5 Å². The van der Waals surface area contributed by atoms with Crippen molar-refractivity contribution in [2.75, 3.05) is 31.5 Å². The Kier molecular flexibility index (Phi) is 7.55. The Balaban J connectivity index is 1.36. The second-order valence-corrected chi connectivity index (χ2v) is 8.83. The molecule has 2 aliphatic rings. The van der Waals surface area contributed by atoms with Gasteiger partial charge in [0.1, 0.15) is 0 Å². The Morgan fingerprint density at radius 1 is 0.938 bits per heavy atom. The lowest BCUT2D eigenvalue weighted by Crippen LogP contribution is -2.48. The highest BCUT2D eigenvalue weighted by Crippen LogP contribution is 2.31. The summed E-state index contributed by atoms with van der Waals surface area (Å²) in [4.78, 5) is 29.9. The quantitative estimate of drug-likeness (QED) is 0.667. The van der Waals surface area contributed by atoms with Gasteiger partial charge in [-0.05, 0) is 69.5 Å². The lowest BCUT2D eigenvalue weighted by Gasteiger charge is -2.34. The molecule has 2 aromatic rings. The second-order valence-electron chi connectivity index (χ2n) is 8.83. The summed E-state index contributed by atoms with van der Waals surface area (Å²) in [5.41, 5.74) is 2.58. The van der Waals surface area contributed by atoms with Crippen molar-refractivity contribution in [3.63, 3.8) is 0 Å². The van der Waals surface area contributed by atoms with E-state index >= 15 is 0 Å². The van der Waals surface area contributed by atoms with Crippen LogP contribution in [0, 0.1) is 0 Å². The van der Waals surface area contributed by atoms with Crippen LogP contribution in [-0.2, 0) is 11.3 Å². The summed E-state index contributed by atoms with van der Waals surface area (Å²) in [6.45, 7) is 5.94. The molecule has 2 heterocycles. The first kappa shape index (κ1) is 22.5. The highest BCUT2D eigenvalue weighted by Gasteiger charge is 2.38. The van der Waals surface area contributed by atoms with E-state index in [0.29, 0.717) is 36.4 Å². The molecule has 2 aromatic carbocycles. The zero-order valence-corrected chi connectivity index (χ0v) is 18.9. The van der Waals surface area contributed by atoms with Crippen LogP contribution < -0.4 is 10.6 Å². The van der Waals surface area contributed by atoms with Crippen molar-refractivity contribution in [2.24, 2.45) is 0 Å². The molecule has 0 spiro atoms. The van der Waals surface area contributed by atoms with Gasteiger partial charge in [-0.2, -0.15) is 0 Å². The summed E-state index contributed by atoms with van der Waals surface area (Å²) in [6, 6.07) is 18.7. The van der Waals surface area contributed by atoms with Crippen molar-refractivity contribution in [2.45, 2.75) is 51.2 Å². The van der Waals surface area contributed by atoms with Gasteiger partial charge in [0.25, 0.3) is 5.91 Å². The van der Waals surface area contributed by atoms with Crippen LogP contribution in [0.25, 0.3) is 0 Å². The summed E-state index contributed by atoms with van der Waals surface area (Å²) in [5, 5.41) is 5.79. The maximum atomic E-state index is 12.8. The van der Waals surface area contributed by atoms with Gasteiger partial charge >= 0.3 is 0 Å². The number of likely N-dealkylation sites (tertiary alicyclic amines) is 2. The van der Waals surface area contributed by atoms with Gasteiger partial charge in [0.15, 0.2) is 0 Å². The summed E-state index contributed by atoms with van der Waals surface area (Å²) < 4.78 is 0. The van der Waals surface area contributed by atoms with Crippen molar-refractivity contribution >= 4 is 17.5 Å². The van der Waals surface area contributed by atoms with E-state index in [-0.39, 0.29) is 11.8 Å². The fraction of sp³-hybridized carbons (Fsp3) is 0.462. The van der Waals surface area contributed by atoms with Crippen LogP contribution in [0.4, 0.5) is 5.69 Å². The molecule has 4 rings (SSSR count). The highest BCUT2D eigenvalue weighted by molar-refractivity contribution is 5.97. The number of hydrogen-bond acceptors (Lipinski definition) is 4. The zero-order valence-electron chi connectivity index (χ0n) is 18.9. The SMILES string of the molecule is CCNC(=O)c1cccc(NC(=O)CN2CCCC2C2CCCN2Cc2ccccc2)c1. The number of nitrogens with one attached hydrogen (secondary N) is 2. The minimum Gasteiger partial charge on any atom is -0.352 e. The van der Waals surface area contributed by atoms with Gasteiger partial charge < -0.3 is 10.6 Å². The van der Waals surface area contributed by atoms with Crippen LogP contribution in [0.5, 0.6) is 0 Å². The van der Waals surface area contributed by atoms with Crippen LogP contribution in [0.1, 0.15) is 48.5 Å². The van der Waals surface area contributed by atoms with E-state index in [2.05, 4.69) is 50.8 Å². The molecule has 2 unspecified atom stereocenters. The summed E-state index contributed by atoms with van der Waals surface area (Å²) in [6.07, 6.45) is 4.71. The molecule has 2 saturated heterocycles. The Morgan fingerprint density at radius 3 is 2.41 bits per heavy atom. The Hall–Kier alpha value is -2.70.